The molecule has 1 aliphatic heterocycles. The molecule has 0 radical (unpaired) electrons. The fourth-order valence-electron chi connectivity index (χ4n) is 4.10. The van der Waals surface area contributed by atoms with Crippen molar-refractivity contribution in [2.75, 3.05) is 24.6 Å². The molecule has 0 bridgehead atoms. The van der Waals surface area contributed by atoms with Crippen LogP contribution in [-0.4, -0.2) is 47.4 Å². The van der Waals surface area contributed by atoms with Gasteiger partial charge in [-0.1, -0.05) is 54.6 Å². The average molecular weight is 399 g/mol. The van der Waals surface area contributed by atoms with Crippen molar-refractivity contribution < 1.29 is 24.0 Å². The quantitative estimate of drug-likeness (QED) is 0.475. The molecule has 4 atom stereocenters. The first-order chi connectivity index (χ1) is 14.1. The highest BCUT2D eigenvalue weighted by atomic mass is 16.5. The Kier molecular flexibility index (Phi) is 6.64. The van der Waals surface area contributed by atoms with E-state index >= 15 is 0 Å². The van der Waals surface area contributed by atoms with E-state index in [-0.39, 0.29) is 30.2 Å². The maximum absolute atomic E-state index is 12.5. The summed E-state index contributed by atoms with van der Waals surface area (Å²) in [5.74, 6) is 1.05. The summed E-state index contributed by atoms with van der Waals surface area (Å²) in [6.07, 6.45) is 4.36. The summed E-state index contributed by atoms with van der Waals surface area (Å²) in [6, 6.07) is 10.3. The third-order valence-electron chi connectivity index (χ3n) is 5.38. The third-order valence-corrected chi connectivity index (χ3v) is 5.38. The first-order valence-corrected chi connectivity index (χ1v) is 9.65. The highest BCUT2D eigenvalue weighted by Crippen LogP contribution is 2.41. The molecule has 1 N–H and O–H groups in total. The van der Waals surface area contributed by atoms with Crippen LogP contribution in [0.1, 0.15) is 13.8 Å². The predicted octanol–water partition coefficient (Wildman–Crippen LogP) is 2.88. The summed E-state index contributed by atoms with van der Waals surface area (Å²) < 4.78 is 10.8. The Balaban J connectivity index is 0.000000755. The van der Waals surface area contributed by atoms with Gasteiger partial charge in [0.15, 0.2) is 0 Å². The fraction of sp³-hybridized carbons (Fsp3) is 0.429. The smallest absolute Gasteiger partial charge is 0.324 e. The number of anilines is 1. The Morgan fingerprint density at radius 3 is 2.72 bits per heavy atom. The second kappa shape index (κ2) is 9.36. The fourth-order valence-corrected chi connectivity index (χ4v) is 4.10. The number of carboxylic acid groups (broad SMARTS) is 1. The minimum atomic E-state index is -0.250. The van der Waals surface area contributed by atoms with E-state index in [9.17, 15) is 4.79 Å². The summed E-state index contributed by atoms with van der Waals surface area (Å²) >= 11 is 0. The van der Waals surface area contributed by atoms with Crippen LogP contribution >= 0.6 is 0 Å². The van der Waals surface area contributed by atoms with Crippen molar-refractivity contribution in [1.29, 1.82) is 0 Å². The van der Waals surface area contributed by atoms with E-state index in [0.717, 1.165) is 18.7 Å². The molecule has 0 unspecified atom stereocenters. The number of hydrogen-bond donors (Lipinski definition) is 1. The van der Waals surface area contributed by atoms with Crippen molar-refractivity contribution in [1.82, 2.24) is 10.1 Å². The van der Waals surface area contributed by atoms with Crippen LogP contribution in [-0.2, 0) is 14.3 Å². The zero-order valence-electron chi connectivity index (χ0n) is 16.5. The number of carbonyl (C=O) groups excluding carboxylic acids is 1. The van der Waals surface area contributed by atoms with Crippen molar-refractivity contribution >= 4 is 18.5 Å². The molecule has 154 valence electrons. The van der Waals surface area contributed by atoms with E-state index in [1.165, 1.54) is 0 Å². The number of fused-ring (bicyclic) bond motifs is 1. The largest absolute Gasteiger partial charge is 0.483 e. The molecule has 1 saturated heterocycles. The zero-order chi connectivity index (χ0) is 20.8. The number of hydrogen-bond acceptors (Lipinski definition) is 7. The maximum Gasteiger partial charge on any atom is 0.324 e. The lowest BCUT2D eigenvalue weighted by Gasteiger charge is -2.31. The average Bonchev–Trinajstić information content (AvgIpc) is 3.36. The molecule has 2 aliphatic rings. The Bertz CT molecular complexity index is 851. The molecular formula is C21H25N3O5. The van der Waals surface area contributed by atoms with E-state index in [2.05, 4.69) is 34.1 Å². The number of rotatable bonds is 4. The number of benzene rings is 1. The molecule has 8 heteroatoms. The lowest BCUT2D eigenvalue weighted by Crippen LogP contribution is -2.37. The van der Waals surface area contributed by atoms with Gasteiger partial charge in [0.25, 0.3) is 6.47 Å². The Morgan fingerprint density at radius 2 is 2.03 bits per heavy atom. The molecule has 1 aliphatic carbocycles. The van der Waals surface area contributed by atoms with Gasteiger partial charge in [-0.25, -0.2) is 0 Å². The summed E-state index contributed by atoms with van der Waals surface area (Å²) in [4.78, 5) is 27.5. The molecule has 2 aromatic rings. The van der Waals surface area contributed by atoms with Crippen molar-refractivity contribution in [3.63, 3.8) is 0 Å². The SMILES string of the molecule is CCOC(=O)[C@@H]1[C@H]2CN(c3nc(-c4ccccc4)no3)C[C@@H]2C=C[C@@H]1C.O=CO. The number of nitrogens with zero attached hydrogens (tertiary/aromatic N) is 3. The predicted molar refractivity (Wildman–Crippen MR) is 106 cm³/mol. The lowest BCUT2D eigenvalue weighted by atomic mass is 9.72. The highest BCUT2D eigenvalue weighted by Gasteiger charge is 2.45. The topological polar surface area (TPSA) is 106 Å². The second-order valence-corrected chi connectivity index (χ2v) is 7.13. The zero-order valence-corrected chi connectivity index (χ0v) is 16.5. The van der Waals surface area contributed by atoms with Crippen molar-refractivity contribution in [3.8, 4) is 11.4 Å². The van der Waals surface area contributed by atoms with Gasteiger partial charge in [-0.2, -0.15) is 4.98 Å². The maximum atomic E-state index is 12.5. The summed E-state index contributed by atoms with van der Waals surface area (Å²) in [7, 11) is 0. The van der Waals surface area contributed by atoms with E-state index in [4.69, 9.17) is 19.2 Å². The summed E-state index contributed by atoms with van der Waals surface area (Å²) in [5.41, 5.74) is 0.928. The van der Waals surface area contributed by atoms with Crippen molar-refractivity contribution in [3.05, 3.63) is 42.5 Å². The number of ether oxygens (including phenoxy) is 1. The normalized spacial score (nSPS) is 25.0. The van der Waals surface area contributed by atoms with E-state index in [1.807, 2.05) is 37.3 Å². The van der Waals surface area contributed by atoms with Gasteiger partial charge in [0, 0.05) is 18.7 Å². The minimum absolute atomic E-state index is 0.100. The van der Waals surface area contributed by atoms with Gasteiger partial charge in [0.1, 0.15) is 0 Å². The van der Waals surface area contributed by atoms with Gasteiger partial charge < -0.3 is 19.3 Å². The monoisotopic (exact) mass is 399 g/mol. The molecule has 0 amide bonds. The Labute approximate surface area is 169 Å². The molecule has 0 spiro atoms. The van der Waals surface area contributed by atoms with Gasteiger partial charge in [-0.05, 0) is 24.7 Å². The molecule has 1 fully saturated rings. The lowest BCUT2D eigenvalue weighted by molar-refractivity contribution is -0.152. The minimum Gasteiger partial charge on any atom is -0.483 e. The molecule has 0 saturated carbocycles. The van der Waals surface area contributed by atoms with Crippen molar-refractivity contribution in [2.24, 2.45) is 23.7 Å². The summed E-state index contributed by atoms with van der Waals surface area (Å²) in [5, 5.41) is 11.0. The standard InChI is InChI=1S/C20H23N3O3.CH2O2/c1-3-25-19(24)17-13(2)9-10-15-11-23(12-16(15)17)20-21-18(22-26-20)14-7-5-4-6-8-14;2-1-3/h4-10,13,15-17H,3,11-12H2,1-2H3;1H,(H,2,3)/t13-,15-,16-,17-;/m0./s1. The van der Waals surface area contributed by atoms with E-state index in [0.29, 0.717) is 24.4 Å². The number of carbonyl (C=O) groups is 2. The first-order valence-electron chi connectivity index (χ1n) is 9.65. The van der Waals surface area contributed by atoms with Gasteiger partial charge in [-0.3, -0.25) is 9.59 Å². The second-order valence-electron chi connectivity index (χ2n) is 7.13. The number of allylic oxidation sites excluding steroid dienone is 1. The van der Waals surface area contributed by atoms with E-state index < -0.39 is 0 Å². The van der Waals surface area contributed by atoms with Crippen LogP contribution in [0.4, 0.5) is 6.01 Å². The van der Waals surface area contributed by atoms with Crippen LogP contribution in [0.3, 0.4) is 0 Å². The van der Waals surface area contributed by atoms with Gasteiger partial charge in [0.05, 0.1) is 12.5 Å². The van der Waals surface area contributed by atoms with Gasteiger partial charge in [-0.15, -0.1) is 0 Å². The van der Waals surface area contributed by atoms with Crippen LogP contribution < -0.4 is 4.90 Å². The Morgan fingerprint density at radius 1 is 1.31 bits per heavy atom. The molecule has 2 heterocycles. The van der Waals surface area contributed by atoms with Crippen molar-refractivity contribution in [2.45, 2.75) is 13.8 Å². The molecule has 1 aromatic carbocycles. The highest BCUT2D eigenvalue weighted by molar-refractivity contribution is 5.74. The number of esters is 1. The van der Waals surface area contributed by atoms with Gasteiger partial charge >= 0.3 is 12.0 Å². The van der Waals surface area contributed by atoms with Crippen LogP contribution in [0.25, 0.3) is 11.4 Å². The van der Waals surface area contributed by atoms with Gasteiger partial charge in [0.2, 0.25) is 5.82 Å². The summed E-state index contributed by atoms with van der Waals surface area (Å²) in [6.45, 7) is 5.59. The molecule has 8 nitrogen and oxygen atoms in total. The number of aromatic nitrogens is 2. The van der Waals surface area contributed by atoms with Crippen LogP contribution in [0, 0.1) is 23.7 Å². The van der Waals surface area contributed by atoms with Crippen LogP contribution in [0.15, 0.2) is 47.0 Å². The van der Waals surface area contributed by atoms with Crippen LogP contribution in [0.5, 0.6) is 0 Å². The first kappa shape index (κ1) is 20.6. The Hall–Kier alpha value is -3.16. The van der Waals surface area contributed by atoms with Crippen LogP contribution in [0.2, 0.25) is 0 Å². The molecule has 29 heavy (non-hydrogen) atoms. The molecule has 4 rings (SSSR count). The van der Waals surface area contributed by atoms with E-state index in [1.54, 1.807) is 0 Å². The third kappa shape index (κ3) is 4.47. The molecule has 1 aromatic heterocycles. The molecular weight excluding hydrogens is 374 g/mol.